The molecule has 2 amide bonds. The van der Waals surface area contributed by atoms with Crippen molar-refractivity contribution in [3.8, 4) is 0 Å². The molecule has 154 valence electrons. The average molecular weight is 413 g/mol. The molecule has 4 rings (SSSR count). The van der Waals surface area contributed by atoms with Crippen LogP contribution >= 0.6 is 0 Å². The number of halogens is 3. The van der Waals surface area contributed by atoms with Crippen LogP contribution in [-0.4, -0.2) is 52.8 Å². The second-order valence-corrected chi connectivity index (χ2v) is 7.05. The highest BCUT2D eigenvalue weighted by Crippen LogP contribution is 2.29. The Hall–Kier alpha value is -3.42. The van der Waals surface area contributed by atoms with Crippen LogP contribution in [-0.2, 0) is 6.18 Å². The van der Waals surface area contributed by atoms with Crippen molar-refractivity contribution >= 4 is 22.7 Å². The number of amides is 2. The van der Waals surface area contributed by atoms with Crippen molar-refractivity contribution in [2.75, 3.05) is 26.2 Å². The van der Waals surface area contributed by atoms with Gasteiger partial charge in [0.15, 0.2) is 0 Å². The number of pyridine rings is 1. The summed E-state index contributed by atoms with van der Waals surface area (Å²) in [6, 6.07) is 15.4. The molecule has 1 fully saturated rings. The van der Waals surface area contributed by atoms with E-state index in [4.69, 9.17) is 0 Å². The lowest BCUT2D eigenvalue weighted by Gasteiger charge is -2.34. The van der Waals surface area contributed by atoms with Gasteiger partial charge in [0.1, 0.15) is 5.69 Å². The largest absolute Gasteiger partial charge is 0.416 e. The summed E-state index contributed by atoms with van der Waals surface area (Å²) in [5.41, 5.74) is 0.179. The molecule has 0 radical (unpaired) electrons. The van der Waals surface area contributed by atoms with Gasteiger partial charge in [-0.25, -0.2) is 4.98 Å². The smallest absolute Gasteiger partial charge is 0.335 e. The molecule has 2 aromatic carbocycles. The van der Waals surface area contributed by atoms with Gasteiger partial charge < -0.3 is 9.80 Å². The minimum absolute atomic E-state index is 0.0132. The van der Waals surface area contributed by atoms with E-state index < -0.39 is 17.6 Å². The number of fused-ring (bicyclic) bond motifs is 1. The minimum atomic E-state index is -4.51. The predicted molar refractivity (Wildman–Crippen MR) is 105 cm³/mol. The zero-order valence-electron chi connectivity index (χ0n) is 15.9. The summed E-state index contributed by atoms with van der Waals surface area (Å²) >= 11 is 0. The molecule has 1 aliphatic rings. The lowest BCUT2D eigenvalue weighted by Crippen LogP contribution is -2.50. The highest BCUT2D eigenvalue weighted by molar-refractivity contribution is 5.96. The molecule has 0 saturated carbocycles. The molecule has 2 heterocycles. The maximum atomic E-state index is 12.9. The number of para-hydroxylation sites is 1. The summed E-state index contributed by atoms with van der Waals surface area (Å²) in [5, 5.41) is 0.936. The molecular weight excluding hydrogens is 395 g/mol. The van der Waals surface area contributed by atoms with E-state index in [2.05, 4.69) is 4.98 Å². The molecule has 0 aliphatic carbocycles. The van der Waals surface area contributed by atoms with Crippen LogP contribution in [0.2, 0.25) is 0 Å². The number of benzene rings is 2. The minimum Gasteiger partial charge on any atom is -0.335 e. The van der Waals surface area contributed by atoms with Gasteiger partial charge in [0.25, 0.3) is 11.8 Å². The first-order valence-electron chi connectivity index (χ1n) is 9.44. The number of carbonyl (C=O) groups is 2. The third-order valence-electron chi connectivity index (χ3n) is 5.11. The Kier molecular flexibility index (Phi) is 5.15. The van der Waals surface area contributed by atoms with Crippen LogP contribution in [0, 0.1) is 0 Å². The molecule has 0 N–H and O–H groups in total. The highest BCUT2D eigenvalue weighted by Gasteiger charge is 2.32. The van der Waals surface area contributed by atoms with Crippen molar-refractivity contribution in [3.05, 3.63) is 77.5 Å². The van der Waals surface area contributed by atoms with Gasteiger partial charge in [-0.1, -0.05) is 30.3 Å². The number of alkyl halides is 3. The predicted octanol–water partition coefficient (Wildman–Crippen LogP) is 3.85. The van der Waals surface area contributed by atoms with Crippen LogP contribution in [0.4, 0.5) is 13.2 Å². The lowest BCUT2D eigenvalue weighted by atomic mass is 10.1. The Morgan fingerprint density at radius 2 is 1.47 bits per heavy atom. The van der Waals surface area contributed by atoms with Gasteiger partial charge in [0.2, 0.25) is 0 Å². The molecule has 0 spiro atoms. The van der Waals surface area contributed by atoms with E-state index >= 15 is 0 Å². The molecular formula is C22H18F3N3O2. The van der Waals surface area contributed by atoms with Gasteiger partial charge in [-0.3, -0.25) is 9.59 Å². The summed E-state index contributed by atoms with van der Waals surface area (Å²) in [6.07, 6.45) is -4.51. The Balaban J connectivity index is 1.43. The topological polar surface area (TPSA) is 53.5 Å². The molecule has 30 heavy (non-hydrogen) atoms. The van der Waals surface area contributed by atoms with E-state index in [1.54, 1.807) is 11.0 Å². The van der Waals surface area contributed by atoms with E-state index in [0.29, 0.717) is 5.69 Å². The van der Waals surface area contributed by atoms with E-state index in [1.807, 2.05) is 30.3 Å². The molecule has 5 nitrogen and oxygen atoms in total. The van der Waals surface area contributed by atoms with Crippen LogP contribution in [0.3, 0.4) is 0 Å². The number of hydrogen-bond donors (Lipinski definition) is 0. The standard InChI is InChI=1S/C22H18F3N3O2/c23-22(24,25)17-6-3-5-16(14-17)20(29)27-10-12-28(13-11-27)21(30)19-9-8-15-4-1-2-7-18(15)26-19/h1-9,14H,10-13H2. The summed E-state index contributed by atoms with van der Waals surface area (Å²) in [5.74, 6) is -0.705. The maximum absolute atomic E-state index is 12.9. The SMILES string of the molecule is O=C(c1cccc(C(F)(F)F)c1)N1CCN(C(=O)c2ccc3ccccc3n2)CC1. The summed E-state index contributed by atoms with van der Waals surface area (Å²) in [4.78, 5) is 32.9. The molecule has 1 saturated heterocycles. The maximum Gasteiger partial charge on any atom is 0.416 e. The summed E-state index contributed by atoms with van der Waals surface area (Å²) in [7, 11) is 0. The van der Waals surface area contributed by atoms with Gasteiger partial charge in [0.05, 0.1) is 11.1 Å². The van der Waals surface area contributed by atoms with Crippen LogP contribution in [0.25, 0.3) is 10.9 Å². The van der Waals surface area contributed by atoms with Crippen LogP contribution in [0.1, 0.15) is 26.4 Å². The van der Waals surface area contributed by atoms with Crippen LogP contribution in [0.15, 0.2) is 60.7 Å². The van der Waals surface area contributed by atoms with Gasteiger partial charge in [-0.15, -0.1) is 0 Å². The average Bonchev–Trinajstić information content (AvgIpc) is 2.77. The molecule has 8 heteroatoms. The number of aromatic nitrogens is 1. The number of piperazine rings is 1. The quantitative estimate of drug-likeness (QED) is 0.641. The molecule has 3 aromatic rings. The fourth-order valence-electron chi connectivity index (χ4n) is 3.47. The van der Waals surface area contributed by atoms with Crippen molar-refractivity contribution in [2.45, 2.75) is 6.18 Å². The number of rotatable bonds is 2. The lowest BCUT2D eigenvalue weighted by molar-refractivity contribution is -0.137. The number of hydrogen-bond acceptors (Lipinski definition) is 3. The van der Waals surface area contributed by atoms with Crippen molar-refractivity contribution in [1.29, 1.82) is 0 Å². The fraction of sp³-hybridized carbons (Fsp3) is 0.227. The molecule has 0 atom stereocenters. The van der Waals surface area contributed by atoms with E-state index in [1.165, 1.54) is 17.0 Å². The van der Waals surface area contributed by atoms with Gasteiger partial charge >= 0.3 is 6.18 Å². The highest BCUT2D eigenvalue weighted by atomic mass is 19.4. The Morgan fingerprint density at radius 3 is 2.17 bits per heavy atom. The first kappa shape index (κ1) is 19.9. The van der Waals surface area contributed by atoms with E-state index in [-0.39, 0.29) is 37.6 Å². The normalized spacial score (nSPS) is 14.8. The van der Waals surface area contributed by atoms with Crippen molar-refractivity contribution in [3.63, 3.8) is 0 Å². The van der Waals surface area contributed by atoms with Gasteiger partial charge in [-0.05, 0) is 30.3 Å². The Morgan fingerprint density at radius 1 is 0.800 bits per heavy atom. The zero-order valence-corrected chi connectivity index (χ0v) is 15.9. The Bertz CT molecular complexity index is 1110. The number of carbonyl (C=O) groups excluding carboxylic acids is 2. The van der Waals surface area contributed by atoms with Crippen molar-refractivity contribution < 1.29 is 22.8 Å². The molecule has 0 unspecified atom stereocenters. The van der Waals surface area contributed by atoms with E-state index in [9.17, 15) is 22.8 Å². The monoisotopic (exact) mass is 413 g/mol. The first-order chi connectivity index (χ1) is 14.3. The van der Waals surface area contributed by atoms with Crippen LogP contribution in [0.5, 0.6) is 0 Å². The van der Waals surface area contributed by atoms with Crippen molar-refractivity contribution in [2.24, 2.45) is 0 Å². The fourth-order valence-corrected chi connectivity index (χ4v) is 3.47. The third kappa shape index (κ3) is 3.98. The molecule has 1 aromatic heterocycles. The number of nitrogens with zero attached hydrogens (tertiary/aromatic N) is 3. The first-order valence-corrected chi connectivity index (χ1v) is 9.44. The summed E-state index contributed by atoms with van der Waals surface area (Å²) < 4.78 is 38.7. The third-order valence-corrected chi connectivity index (χ3v) is 5.11. The second-order valence-electron chi connectivity index (χ2n) is 7.05. The molecule has 1 aliphatic heterocycles. The zero-order chi connectivity index (χ0) is 21.3. The van der Waals surface area contributed by atoms with Gasteiger partial charge in [0, 0.05) is 37.1 Å². The van der Waals surface area contributed by atoms with E-state index in [0.717, 1.165) is 23.0 Å². The second kappa shape index (κ2) is 7.78. The Labute approximate surface area is 170 Å². The van der Waals surface area contributed by atoms with Crippen LogP contribution < -0.4 is 0 Å². The molecule has 0 bridgehead atoms. The summed E-state index contributed by atoms with van der Waals surface area (Å²) in [6.45, 7) is 1.07. The van der Waals surface area contributed by atoms with Gasteiger partial charge in [-0.2, -0.15) is 13.2 Å². The van der Waals surface area contributed by atoms with Crippen molar-refractivity contribution in [1.82, 2.24) is 14.8 Å².